The van der Waals surface area contributed by atoms with Crippen LogP contribution in [0, 0.1) is 19.8 Å². The highest BCUT2D eigenvalue weighted by Crippen LogP contribution is 2.28. The summed E-state index contributed by atoms with van der Waals surface area (Å²) in [5.74, 6) is 0.714. The molecule has 0 aliphatic heterocycles. The van der Waals surface area contributed by atoms with Crippen molar-refractivity contribution in [2.24, 2.45) is 5.92 Å². The van der Waals surface area contributed by atoms with Gasteiger partial charge in [0.1, 0.15) is 0 Å². The molecule has 3 heteroatoms. The molecule has 1 fully saturated rings. The minimum Gasteiger partial charge on any atom is -0.399 e. The summed E-state index contributed by atoms with van der Waals surface area (Å²) in [6.45, 7) is 3.97. The molecule has 1 aliphatic carbocycles. The molecule has 1 aromatic rings. The van der Waals surface area contributed by atoms with E-state index >= 15 is 0 Å². The maximum Gasteiger partial charge on any atom is 0.224 e. The molecule has 19 heavy (non-hydrogen) atoms. The zero-order chi connectivity index (χ0) is 13.8. The molecule has 3 N–H and O–H groups in total. The summed E-state index contributed by atoms with van der Waals surface area (Å²) in [7, 11) is 0. The van der Waals surface area contributed by atoms with Gasteiger partial charge in [-0.25, -0.2) is 0 Å². The second-order valence-electron chi connectivity index (χ2n) is 5.79. The summed E-state index contributed by atoms with van der Waals surface area (Å²) in [6, 6.07) is 3.81. The predicted octanol–water partition coefficient (Wildman–Crippen LogP) is 3.79. The molecule has 0 radical (unpaired) electrons. The summed E-state index contributed by atoms with van der Waals surface area (Å²) >= 11 is 0. The summed E-state index contributed by atoms with van der Waals surface area (Å²) in [4.78, 5) is 12.1. The average Bonchev–Trinajstić information content (AvgIpc) is 2.35. The first-order valence-electron chi connectivity index (χ1n) is 7.23. The number of carbonyl (C=O) groups is 1. The first kappa shape index (κ1) is 13.9. The fourth-order valence-electron chi connectivity index (χ4n) is 3.04. The van der Waals surface area contributed by atoms with Gasteiger partial charge in [-0.2, -0.15) is 0 Å². The van der Waals surface area contributed by atoms with Gasteiger partial charge in [-0.05, 0) is 55.9 Å². The Balaban J connectivity index is 1.98. The molecule has 1 aromatic carbocycles. The van der Waals surface area contributed by atoms with E-state index < -0.39 is 0 Å². The van der Waals surface area contributed by atoms with E-state index in [9.17, 15) is 4.79 Å². The lowest BCUT2D eigenvalue weighted by Crippen LogP contribution is -2.19. The second-order valence-corrected chi connectivity index (χ2v) is 5.79. The number of rotatable bonds is 3. The zero-order valence-corrected chi connectivity index (χ0v) is 12.0. The van der Waals surface area contributed by atoms with Gasteiger partial charge in [0, 0.05) is 17.8 Å². The van der Waals surface area contributed by atoms with E-state index in [-0.39, 0.29) is 5.91 Å². The molecule has 0 unspecified atom stereocenters. The minimum absolute atomic E-state index is 0.142. The maximum atomic E-state index is 12.1. The molecule has 1 aliphatic rings. The van der Waals surface area contributed by atoms with Crippen LogP contribution < -0.4 is 11.1 Å². The Morgan fingerprint density at radius 1 is 1.21 bits per heavy atom. The minimum atomic E-state index is 0.142. The average molecular weight is 260 g/mol. The number of aryl methyl sites for hydroxylation is 2. The number of hydrogen-bond acceptors (Lipinski definition) is 2. The van der Waals surface area contributed by atoms with Gasteiger partial charge in [0.15, 0.2) is 0 Å². The first-order valence-corrected chi connectivity index (χ1v) is 7.23. The van der Waals surface area contributed by atoms with Crippen molar-refractivity contribution in [3.8, 4) is 0 Å². The highest BCUT2D eigenvalue weighted by Gasteiger charge is 2.17. The monoisotopic (exact) mass is 260 g/mol. The number of carbonyl (C=O) groups excluding carboxylic acids is 1. The van der Waals surface area contributed by atoms with Crippen molar-refractivity contribution in [2.45, 2.75) is 52.4 Å². The van der Waals surface area contributed by atoms with Gasteiger partial charge in [-0.15, -0.1) is 0 Å². The number of hydrogen-bond donors (Lipinski definition) is 2. The lowest BCUT2D eigenvalue weighted by molar-refractivity contribution is -0.117. The molecule has 0 bridgehead atoms. The van der Waals surface area contributed by atoms with E-state index in [0.29, 0.717) is 12.3 Å². The predicted molar refractivity (Wildman–Crippen MR) is 80.2 cm³/mol. The number of nitrogens with one attached hydrogen (secondary N) is 1. The fourth-order valence-corrected chi connectivity index (χ4v) is 3.04. The molecule has 2 rings (SSSR count). The number of benzene rings is 1. The van der Waals surface area contributed by atoms with Crippen LogP contribution in [0.4, 0.5) is 11.4 Å². The Hall–Kier alpha value is -1.51. The highest BCUT2D eigenvalue weighted by molar-refractivity contribution is 5.92. The van der Waals surface area contributed by atoms with Crippen molar-refractivity contribution in [1.82, 2.24) is 0 Å². The summed E-state index contributed by atoms with van der Waals surface area (Å²) in [5.41, 5.74) is 9.55. The molecular weight excluding hydrogens is 236 g/mol. The second kappa shape index (κ2) is 6.09. The SMILES string of the molecule is Cc1cc(N)cc(C)c1NC(=O)CC1CCCCC1. The summed E-state index contributed by atoms with van der Waals surface area (Å²) < 4.78 is 0. The van der Waals surface area contributed by atoms with Gasteiger partial charge >= 0.3 is 0 Å². The van der Waals surface area contributed by atoms with Gasteiger partial charge in [-0.1, -0.05) is 19.3 Å². The van der Waals surface area contributed by atoms with E-state index in [1.807, 2.05) is 26.0 Å². The van der Waals surface area contributed by atoms with Crippen molar-refractivity contribution in [2.75, 3.05) is 11.1 Å². The Labute approximate surface area is 115 Å². The van der Waals surface area contributed by atoms with Crippen molar-refractivity contribution >= 4 is 17.3 Å². The molecule has 0 heterocycles. The van der Waals surface area contributed by atoms with E-state index in [4.69, 9.17) is 5.73 Å². The van der Waals surface area contributed by atoms with E-state index in [2.05, 4.69) is 5.32 Å². The van der Waals surface area contributed by atoms with Gasteiger partial charge in [0.05, 0.1) is 0 Å². The van der Waals surface area contributed by atoms with E-state index in [1.165, 1.54) is 32.1 Å². The number of nitrogen functional groups attached to an aromatic ring is 1. The largest absolute Gasteiger partial charge is 0.399 e. The van der Waals surface area contributed by atoms with E-state index in [0.717, 1.165) is 22.5 Å². The van der Waals surface area contributed by atoms with Crippen LogP contribution in [0.25, 0.3) is 0 Å². The molecule has 3 nitrogen and oxygen atoms in total. The fraction of sp³-hybridized carbons (Fsp3) is 0.562. The molecule has 1 saturated carbocycles. The molecule has 104 valence electrons. The molecule has 0 atom stereocenters. The standard InChI is InChI=1S/C16H24N2O/c1-11-8-14(17)9-12(2)16(11)18-15(19)10-13-6-4-3-5-7-13/h8-9,13H,3-7,10,17H2,1-2H3,(H,18,19). The van der Waals surface area contributed by atoms with Gasteiger partial charge in [0.2, 0.25) is 5.91 Å². The topological polar surface area (TPSA) is 55.1 Å². The van der Waals surface area contributed by atoms with Crippen LogP contribution in [0.3, 0.4) is 0 Å². The molecule has 0 aromatic heterocycles. The maximum absolute atomic E-state index is 12.1. The van der Waals surface area contributed by atoms with Crippen LogP contribution in [0.15, 0.2) is 12.1 Å². The van der Waals surface area contributed by atoms with Gasteiger partial charge in [0.25, 0.3) is 0 Å². The van der Waals surface area contributed by atoms with Crippen molar-refractivity contribution in [1.29, 1.82) is 0 Å². The van der Waals surface area contributed by atoms with Crippen molar-refractivity contribution in [3.63, 3.8) is 0 Å². The van der Waals surface area contributed by atoms with Gasteiger partial charge in [-0.3, -0.25) is 4.79 Å². The van der Waals surface area contributed by atoms with E-state index in [1.54, 1.807) is 0 Å². The van der Waals surface area contributed by atoms with Gasteiger partial charge < -0.3 is 11.1 Å². The normalized spacial score (nSPS) is 16.3. The summed E-state index contributed by atoms with van der Waals surface area (Å²) in [5, 5.41) is 3.06. The first-order chi connectivity index (χ1) is 9.06. The lowest BCUT2D eigenvalue weighted by atomic mass is 9.87. The quantitative estimate of drug-likeness (QED) is 0.812. The van der Waals surface area contributed by atoms with Crippen molar-refractivity contribution < 1.29 is 4.79 Å². The third-order valence-corrected chi connectivity index (χ3v) is 4.02. The lowest BCUT2D eigenvalue weighted by Gasteiger charge is -2.21. The Morgan fingerprint density at radius 2 is 1.79 bits per heavy atom. The molecule has 0 saturated heterocycles. The van der Waals surface area contributed by atoms with Crippen LogP contribution in [0.5, 0.6) is 0 Å². The number of amides is 1. The van der Waals surface area contributed by atoms with Crippen LogP contribution in [-0.4, -0.2) is 5.91 Å². The van der Waals surface area contributed by atoms with Crippen LogP contribution in [-0.2, 0) is 4.79 Å². The van der Waals surface area contributed by atoms with Crippen LogP contribution >= 0.6 is 0 Å². The molecular formula is C16H24N2O. The molecule has 1 amide bonds. The summed E-state index contributed by atoms with van der Waals surface area (Å²) in [6.07, 6.45) is 6.94. The highest BCUT2D eigenvalue weighted by atomic mass is 16.1. The number of anilines is 2. The third kappa shape index (κ3) is 3.72. The zero-order valence-electron chi connectivity index (χ0n) is 12.0. The smallest absolute Gasteiger partial charge is 0.224 e. The Kier molecular flexibility index (Phi) is 4.46. The van der Waals surface area contributed by atoms with Crippen LogP contribution in [0.2, 0.25) is 0 Å². The Morgan fingerprint density at radius 3 is 2.37 bits per heavy atom. The van der Waals surface area contributed by atoms with Crippen molar-refractivity contribution in [3.05, 3.63) is 23.3 Å². The Bertz CT molecular complexity index is 439. The molecule has 0 spiro atoms. The van der Waals surface area contributed by atoms with Crippen LogP contribution in [0.1, 0.15) is 49.7 Å². The third-order valence-electron chi connectivity index (χ3n) is 4.02. The number of nitrogens with two attached hydrogens (primary N) is 1.